The van der Waals surface area contributed by atoms with Gasteiger partial charge in [-0.3, -0.25) is 4.72 Å². The van der Waals surface area contributed by atoms with E-state index in [4.69, 9.17) is 16.3 Å². The molecule has 0 aliphatic heterocycles. The fourth-order valence-corrected chi connectivity index (χ4v) is 3.42. The van der Waals surface area contributed by atoms with Crippen molar-refractivity contribution in [3.05, 3.63) is 64.4 Å². The van der Waals surface area contributed by atoms with E-state index in [1.807, 2.05) is 0 Å². The summed E-state index contributed by atoms with van der Waals surface area (Å²) in [4.78, 5) is 11.7. The van der Waals surface area contributed by atoms with E-state index in [1.165, 1.54) is 42.5 Å². The highest BCUT2D eigenvalue weighted by molar-refractivity contribution is 7.91. The summed E-state index contributed by atoms with van der Waals surface area (Å²) in [5, 5.41) is 0.0791. The summed E-state index contributed by atoms with van der Waals surface area (Å²) in [5.74, 6) is -1.33. The maximum Gasteiger partial charge on any atom is 0.339 e. The number of sulfonamides is 1. The Hall–Kier alpha value is -2.12. The van der Waals surface area contributed by atoms with Crippen molar-refractivity contribution in [2.24, 2.45) is 0 Å². The molecule has 0 atom stereocenters. The Morgan fingerprint density at radius 3 is 2.46 bits per heavy atom. The lowest BCUT2D eigenvalue weighted by Gasteiger charge is -2.10. The van der Waals surface area contributed by atoms with Gasteiger partial charge in [-0.15, -0.1) is 0 Å². The molecule has 0 heterocycles. The van der Waals surface area contributed by atoms with Gasteiger partial charge in [0.15, 0.2) is 0 Å². The minimum absolute atomic E-state index is 0.0791. The molecule has 0 bridgehead atoms. The summed E-state index contributed by atoms with van der Waals surface area (Å²) in [6, 6.07) is 9.30. The van der Waals surface area contributed by atoms with Gasteiger partial charge in [-0.1, -0.05) is 23.7 Å². The van der Waals surface area contributed by atoms with Gasteiger partial charge in [0.1, 0.15) is 5.82 Å². The molecule has 0 amide bonds. The highest BCUT2D eigenvalue weighted by Crippen LogP contribution is 2.23. The number of halogens is 2. The number of benzene rings is 2. The third-order valence-electron chi connectivity index (χ3n) is 3.01. The van der Waals surface area contributed by atoms with E-state index in [0.717, 1.165) is 0 Å². The van der Waals surface area contributed by atoms with E-state index >= 15 is 0 Å². The van der Waals surface area contributed by atoms with E-state index in [-0.39, 0.29) is 28.6 Å². The van der Waals surface area contributed by atoms with Crippen LogP contribution in [0.4, 0.5) is 10.1 Å². The SMILES string of the molecule is CCOC(=O)c1ccc(NS(=O)(=O)Cc2ccc(F)cc2)cc1Cl. The van der Waals surface area contributed by atoms with Crippen molar-refractivity contribution in [2.75, 3.05) is 11.3 Å². The molecule has 24 heavy (non-hydrogen) atoms. The maximum atomic E-state index is 12.9. The van der Waals surface area contributed by atoms with Gasteiger partial charge in [0, 0.05) is 0 Å². The van der Waals surface area contributed by atoms with Crippen LogP contribution in [0.5, 0.6) is 0 Å². The smallest absolute Gasteiger partial charge is 0.339 e. The Bertz CT molecular complexity index is 838. The highest BCUT2D eigenvalue weighted by atomic mass is 35.5. The summed E-state index contributed by atoms with van der Waals surface area (Å²) in [6.45, 7) is 1.88. The third kappa shape index (κ3) is 4.94. The molecule has 5 nitrogen and oxygen atoms in total. The number of nitrogens with one attached hydrogen (secondary N) is 1. The van der Waals surface area contributed by atoms with Crippen LogP contribution in [0.25, 0.3) is 0 Å². The second-order valence-electron chi connectivity index (χ2n) is 4.90. The zero-order valence-electron chi connectivity index (χ0n) is 12.8. The lowest BCUT2D eigenvalue weighted by atomic mass is 10.2. The van der Waals surface area contributed by atoms with Crippen LogP contribution in [0.3, 0.4) is 0 Å². The number of hydrogen-bond acceptors (Lipinski definition) is 4. The standard InChI is InChI=1S/C16H15ClFNO4S/c1-2-23-16(20)14-8-7-13(9-15(14)17)19-24(21,22)10-11-3-5-12(18)6-4-11/h3-9,19H,2,10H2,1H3. The average Bonchev–Trinajstić information content (AvgIpc) is 2.49. The summed E-state index contributed by atoms with van der Waals surface area (Å²) >= 11 is 5.99. The first-order valence-corrected chi connectivity index (χ1v) is 9.05. The highest BCUT2D eigenvalue weighted by Gasteiger charge is 2.15. The third-order valence-corrected chi connectivity index (χ3v) is 4.58. The van der Waals surface area contributed by atoms with Gasteiger partial charge in [-0.2, -0.15) is 0 Å². The van der Waals surface area contributed by atoms with Crippen LogP contribution in [0, 0.1) is 5.82 Å². The zero-order valence-corrected chi connectivity index (χ0v) is 14.3. The zero-order chi connectivity index (χ0) is 17.7. The van der Waals surface area contributed by atoms with E-state index < -0.39 is 21.8 Å². The molecular formula is C16H15ClFNO4S. The van der Waals surface area contributed by atoms with Crippen LogP contribution >= 0.6 is 11.6 Å². The van der Waals surface area contributed by atoms with E-state index in [2.05, 4.69) is 4.72 Å². The van der Waals surface area contributed by atoms with Crippen molar-refractivity contribution in [2.45, 2.75) is 12.7 Å². The first-order valence-electron chi connectivity index (χ1n) is 7.02. The Morgan fingerprint density at radius 2 is 1.88 bits per heavy atom. The van der Waals surface area contributed by atoms with Crippen LogP contribution < -0.4 is 4.72 Å². The molecule has 1 N–H and O–H groups in total. The predicted molar refractivity (Wildman–Crippen MR) is 90.1 cm³/mol. The summed E-state index contributed by atoms with van der Waals surface area (Å²) in [6.07, 6.45) is 0. The fraction of sp³-hybridized carbons (Fsp3) is 0.188. The van der Waals surface area contributed by atoms with Gasteiger partial charge in [0.2, 0.25) is 10.0 Å². The Labute approximate surface area is 144 Å². The summed E-state index contributed by atoms with van der Waals surface area (Å²) in [7, 11) is -3.71. The van der Waals surface area contributed by atoms with Crippen molar-refractivity contribution < 1.29 is 22.3 Å². The average molecular weight is 372 g/mol. The van der Waals surface area contributed by atoms with Crippen molar-refractivity contribution >= 4 is 33.3 Å². The monoisotopic (exact) mass is 371 g/mol. The molecule has 0 radical (unpaired) electrons. The first kappa shape index (κ1) is 18.2. The molecule has 0 unspecified atom stereocenters. The number of hydrogen-bond donors (Lipinski definition) is 1. The van der Waals surface area contributed by atoms with Crippen molar-refractivity contribution in [3.8, 4) is 0 Å². The van der Waals surface area contributed by atoms with Crippen molar-refractivity contribution in [1.82, 2.24) is 0 Å². The molecule has 0 saturated carbocycles. The molecule has 8 heteroatoms. The molecule has 0 spiro atoms. The molecule has 128 valence electrons. The molecule has 0 aliphatic rings. The van der Waals surface area contributed by atoms with Crippen molar-refractivity contribution in [3.63, 3.8) is 0 Å². The number of carbonyl (C=O) groups excluding carboxylic acids is 1. The number of anilines is 1. The number of ether oxygens (including phenoxy) is 1. The van der Waals surface area contributed by atoms with Crippen LogP contribution in [0.15, 0.2) is 42.5 Å². The Balaban J connectivity index is 2.13. The summed E-state index contributed by atoms with van der Waals surface area (Å²) in [5.41, 5.74) is 0.813. The van der Waals surface area contributed by atoms with E-state index in [0.29, 0.717) is 5.56 Å². The lowest BCUT2D eigenvalue weighted by Crippen LogP contribution is -2.15. The number of carbonyl (C=O) groups is 1. The van der Waals surface area contributed by atoms with Crippen molar-refractivity contribution in [1.29, 1.82) is 0 Å². The van der Waals surface area contributed by atoms with E-state index in [9.17, 15) is 17.6 Å². The Morgan fingerprint density at radius 1 is 1.21 bits per heavy atom. The Kier molecular flexibility index (Phi) is 5.80. The van der Waals surface area contributed by atoms with Crippen LogP contribution in [-0.4, -0.2) is 21.0 Å². The second kappa shape index (κ2) is 7.63. The van der Waals surface area contributed by atoms with Crippen LogP contribution in [0.1, 0.15) is 22.8 Å². The minimum Gasteiger partial charge on any atom is -0.462 e. The molecule has 0 fully saturated rings. The topological polar surface area (TPSA) is 72.5 Å². The van der Waals surface area contributed by atoms with Gasteiger partial charge < -0.3 is 4.74 Å². The minimum atomic E-state index is -3.71. The van der Waals surface area contributed by atoms with Gasteiger partial charge in [-0.25, -0.2) is 17.6 Å². The van der Waals surface area contributed by atoms with Crippen LogP contribution in [0.2, 0.25) is 5.02 Å². The summed E-state index contributed by atoms with van der Waals surface area (Å²) < 4.78 is 44.4. The quantitative estimate of drug-likeness (QED) is 0.787. The number of esters is 1. The molecule has 0 aliphatic carbocycles. The van der Waals surface area contributed by atoms with Gasteiger partial charge >= 0.3 is 5.97 Å². The van der Waals surface area contributed by atoms with Crippen LogP contribution in [-0.2, 0) is 20.5 Å². The normalized spacial score (nSPS) is 11.1. The molecule has 0 aromatic heterocycles. The van der Waals surface area contributed by atoms with Gasteiger partial charge in [0.05, 0.1) is 28.6 Å². The second-order valence-corrected chi connectivity index (χ2v) is 7.03. The molecular weight excluding hydrogens is 357 g/mol. The maximum absolute atomic E-state index is 12.9. The van der Waals surface area contributed by atoms with Gasteiger partial charge in [0.25, 0.3) is 0 Å². The van der Waals surface area contributed by atoms with E-state index in [1.54, 1.807) is 6.92 Å². The molecule has 2 aromatic rings. The lowest BCUT2D eigenvalue weighted by molar-refractivity contribution is 0.0526. The number of rotatable bonds is 6. The molecule has 2 aromatic carbocycles. The molecule has 0 saturated heterocycles. The molecule has 2 rings (SSSR count). The predicted octanol–water partition coefficient (Wildman–Crippen LogP) is 3.60. The first-order chi connectivity index (χ1) is 11.3. The largest absolute Gasteiger partial charge is 0.462 e. The van der Waals surface area contributed by atoms with Gasteiger partial charge in [-0.05, 0) is 42.8 Å². The fourth-order valence-electron chi connectivity index (χ4n) is 1.97.